The Bertz CT molecular complexity index is 2660. The first-order valence-electron chi connectivity index (χ1n) is 41.7. The Hall–Kier alpha value is -5.32. The van der Waals surface area contributed by atoms with Crippen LogP contribution in [0.25, 0.3) is 0 Å². The molecule has 0 radical (unpaired) electrons. The van der Waals surface area contributed by atoms with Gasteiger partial charge >= 0.3 is 39.5 Å². The lowest BCUT2D eigenvalue weighted by Gasteiger charge is -2.21. The molecule has 0 saturated heterocycles. The van der Waals surface area contributed by atoms with E-state index in [1.807, 2.05) is 18.2 Å². The topological polar surface area (TPSA) is 237 Å². The second-order valence-corrected chi connectivity index (χ2v) is 30.2. The van der Waals surface area contributed by atoms with Crippen LogP contribution >= 0.6 is 15.6 Å². The van der Waals surface area contributed by atoms with Gasteiger partial charge in [0.1, 0.15) is 19.3 Å². The Morgan fingerprint density at radius 2 is 0.500 bits per heavy atom. The fraction of sp³-hybridized carbons (Fsp3) is 0.663. The van der Waals surface area contributed by atoms with E-state index >= 15 is 0 Å². The minimum atomic E-state index is -5.00. The minimum Gasteiger partial charge on any atom is -0.462 e. The van der Waals surface area contributed by atoms with Crippen molar-refractivity contribution in [2.45, 2.75) is 341 Å². The van der Waals surface area contributed by atoms with Gasteiger partial charge in [0.15, 0.2) is 12.2 Å². The van der Waals surface area contributed by atoms with Crippen molar-refractivity contribution in [1.29, 1.82) is 0 Å². The number of ether oxygens (including phenoxy) is 4. The zero-order valence-electron chi connectivity index (χ0n) is 67.5. The van der Waals surface area contributed by atoms with Crippen LogP contribution in [0, 0.1) is 0 Å². The number of rotatable bonds is 77. The lowest BCUT2D eigenvalue weighted by Crippen LogP contribution is -2.30. The van der Waals surface area contributed by atoms with Gasteiger partial charge < -0.3 is 33.8 Å². The van der Waals surface area contributed by atoms with E-state index in [9.17, 15) is 43.2 Å². The summed E-state index contributed by atoms with van der Waals surface area (Å²) in [6, 6.07) is 0. The average Bonchev–Trinajstić information content (AvgIpc) is 0.886. The summed E-state index contributed by atoms with van der Waals surface area (Å²) in [7, 11) is -10.00. The number of hydrogen-bond acceptors (Lipinski definition) is 15. The Morgan fingerprint density at radius 1 is 0.269 bits per heavy atom. The van der Waals surface area contributed by atoms with E-state index in [4.69, 9.17) is 37.0 Å². The third kappa shape index (κ3) is 78.8. The molecule has 0 spiro atoms. The predicted molar refractivity (Wildman–Crippen MR) is 445 cm³/mol. The van der Waals surface area contributed by atoms with Crippen molar-refractivity contribution in [2.24, 2.45) is 0 Å². The fourth-order valence-electron chi connectivity index (χ4n) is 10.8. The molecule has 19 heteroatoms. The molecule has 5 unspecified atom stereocenters. The summed E-state index contributed by atoms with van der Waals surface area (Å²) in [5.74, 6) is -2.30. The maximum atomic E-state index is 13.1. The Labute approximate surface area is 655 Å². The van der Waals surface area contributed by atoms with Crippen LogP contribution in [0.2, 0.25) is 0 Å². The lowest BCUT2D eigenvalue weighted by molar-refractivity contribution is -0.161. The van der Waals surface area contributed by atoms with Crippen LogP contribution in [0.15, 0.2) is 158 Å². The summed E-state index contributed by atoms with van der Waals surface area (Å²) >= 11 is 0. The number of aliphatic hydroxyl groups excluding tert-OH is 1. The van der Waals surface area contributed by atoms with Crippen LogP contribution in [-0.4, -0.2) is 96.7 Å². The van der Waals surface area contributed by atoms with Crippen LogP contribution in [-0.2, 0) is 65.4 Å². The molecule has 108 heavy (non-hydrogen) atoms. The standard InChI is InChI=1S/C89H148O17P2/c1-5-9-13-17-21-25-29-33-36-39-41-44-46-50-53-57-61-65-69-73-86(91)99-79-84(105-88(93)75-71-67-63-59-55-49-32-28-24-20-16-12-8-4)81-103-107(95,96)101-77-83(90)78-102-108(97,98)104-82-85(106-89(94)76-72-68-64-60-56-52-48-43-38-35-31-27-23-19-15-11-7-3)80-100-87(92)74-70-66-62-58-54-51-47-45-42-40-37-34-30-26-22-18-14-10-6-2/h9-11,13-15,21-23,25-27,33-38,41-42,44-45,51,54,62,66,83-85,90H,5-8,12,16-20,24,28-32,39-40,43,46-50,52-53,55-61,63-65,67-82H2,1-4H3,(H,95,96)(H,97,98)/b13-9-,14-10-,15-11-,25-21-,26-22-,27-23-,36-33-,37-34-,38-35-,44-41-,45-42-,54-51-,66-62-. The molecule has 0 aromatic heterocycles. The molecule has 17 nitrogen and oxygen atoms in total. The van der Waals surface area contributed by atoms with Crippen LogP contribution < -0.4 is 0 Å². The second-order valence-electron chi connectivity index (χ2n) is 27.3. The highest BCUT2D eigenvalue weighted by atomic mass is 31.2. The molecule has 0 aliphatic heterocycles. The minimum absolute atomic E-state index is 0.0297. The van der Waals surface area contributed by atoms with Gasteiger partial charge in [-0.3, -0.25) is 37.3 Å². The summed E-state index contributed by atoms with van der Waals surface area (Å²) in [5, 5.41) is 10.7. The van der Waals surface area contributed by atoms with Gasteiger partial charge in [0.05, 0.1) is 26.4 Å². The first-order chi connectivity index (χ1) is 52.7. The smallest absolute Gasteiger partial charge is 0.462 e. The summed E-state index contributed by atoms with van der Waals surface area (Å²) < 4.78 is 68.7. The molecule has 0 aromatic carbocycles. The van der Waals surface area contributed by atoms with Crippen molar-refractivity contribution in [2.75, 3.05) is 39.6 Å². The molecular weight excluding hydrogens is 1400 g/mol. The van der Waals surface area contributed by atoms with Gasteiger partial charge in [-0.05, 0) is 135 Å². The van der Waals surface area contributed by atoms with Gasteiger partial charge in [0.2, 0.25) is 0 Å². The molecule has 0 aliphatic carbocycles. The third-order valence-corrected chi connectivity index (χ3v) is 18.9. The maximum Gasteiger partial charge on any atom is 0.472 e. The summed E-state index contributed by atoms with van der Waals surface area (Å²) in [6.07, 6.45) is 93.6. The molecule has 5 atom stereocenters. The summed E-state index contributed by atoms with van der Waals surface area (Å²) in [5.41, 5.74) is 0. The highest BCUT2D eigenvalue weighted by Gasteiger charge is 2.30. The molecule has 616 valence electrons. The van der Waals surface area contributed by atoms with Crippen LogP contribution in [0.4, 0.5) is 0 Å². The van der Waals surface area contributed by atoms with Gasteiger partial charge in [-0.15, -0.1) is 0 Å². The number of esters is 4. The van der Waals surface area contributed by atoms with Gasteiger partial charge in [0.25, 0.3) is 0 Å². The van der Waals surface area contributed by atoms with Crippen LogP contribution in [0.1, 0.15) is 323 Å². The molecule has 0 aliphatic rings. The van der Waals surface area contributed by atoms with Crippen molar-refractivity contribution < 1.29 is 80.2 Å². The zero-order chi connectivity index (χ0) is 78.9. The predicted octanol–water partition coefficient (Wildman–Crippen LogP) is 24.8. The third-order valence-electron chi connectivity index (χ3n) is 17.0. The molecule has 3 N–H and O–H groups in total. The van der Waals surface area contributed by atoms with Crippen molar-refractivity contribution in [3.8, 4) is 0 Å². The van der Waals surface area contributed by atoms with Crippen molar-refractivity contribution in [3.05, 3.63) is 158 Å². The number of carbonyl (C=O) groups excluding carboxylic acids is 4. The Kier molecular flexibility index (Phi) is 75.8. The van der Waals surface area contributed by atoms with E-state index in [-0.39, 0.29) is 25.7 Å². The Balaban J connectivity index is 5.44. The largest absolute Gasteiger partial charge is 0.472 e. The summed E-state index contributed by atoms with van der Waals surface area (Å²) in [6.45, 7) is 4.45. The Morgan fingerprint density at radius 3 is 0.796 bits per heavy atom. The highest BCUT2D eigenvalue weighted by molar-refractivity contribution is 7.47. The lowest BCUT2D eigenvalue weighted by atomic mass is 10.0. The highest BCUT2D eigenvalue weighted by Crippen LogP contribution is 2.45. The second kappa shape index (κ2) is 79.8. The number of unbranched alkanes of at least 4 members (excludes halogenated alkanes) is 25. The molecule has 0 bridgehead atoms. The van der Waals surface area contributed by atoms with Gasteiger partial charge in [0, 0.05) is 25.7 Å². The quantitative estimate of drug-likeness (QED) is 0.0169. The van der Waals surface area contributed by atoms with E-state index in [0.29, 0.717) is 32.1 Å². The van der Waals surface area contributed by atoms with E-state index in [2.05, 4.69) is 167 Å². The van der Waals surface area contributed by atoms with Gasteiger partial charge in [-0.25, -0.2) is 9.13 Å². The van der Waals surface area contributed by atoms with Crippen molar-refractivity contribution in [1.82, 2.24) is 0 Å². The number of hydrogen-bond donors (Lipinski definition) is 3. The van der Waals surface area contributed by atoms with Crippen LogP contribution in [0.5, 0.6) is 0 Å². The first-order valence-corrected chi connectivity index (χ1v) is 44.7. The van der Waals surface area contributed by atoms with E-state index < -0.39 is 97.5 Å². The zero-order valence-corrected chi connectivity index (χ0v) is 69.3. The molecule has 0 rings (SSSR count). The van der Waals surface area contributed by atoms with Crippen molar-refractivity contribution in [3.63, 3.8) is 0 Å². The number of aliphatic hydroxyl groups is 1. The summed E-state index contributed by atoms with van der Waals surface area (Å²) in [4.78, 5) is 73.2. The van der Waals surface area contributed by atoms with Gasteiger partial charge in [-0.1, -0.05) is 321 Å². The van der Waals surface area contributed by atoms with Gasteiger partial charge in [-0.2, -0.15) is 0 Å². The molecule has 0 amide bonds. The molecule has 0 aromatic rings. The normalized spacial score (nSPS) is 14.6. The number of phosphoric acid groups is 2. The number of phosphoric ester groups is 2. The molecular formula is C89H148O17P2. The number of allylic oxidation sites excluding steroid dienone is 26. The van der Waals surface area contributed by atoms with E-state index in [1.54, 1.807) is 0 Å². The SMILES string of the molecule is CC/C=C\C/C=C\C/C=C\C/C=C\C/C=C\C/C=C\CCC(=O)OCC(COP(=O)(O)OCC(O)COP(=O)(O)OCC(COC(=O)CCCCCCCC/C=C\C/C=C\C/C=C\C/C=C\CC)OC(=O)CCCCCCCCCCCCCCC)OC(=O)CCCCCCCCC/C=C\C/C=C\C/C=C\CC. The van der Waals surface area contributed by atoms with Crippen molar-refractivity contribution >= 4 is 39.5 Å². The number of carbonyl (C=O) groups is 4. The van der Waals surface area contributed by atoms with E-state index in [1.165, 1.54) is 51.4 Å². The molecule has 0 heterocycles. The van der Waals surface area contributed by atoms with E-state index in [0.717, 1.165) is 186 Å². The molecule has 0 fully saturated rings. The average molecular weight is 1550 g/mol. The monoisotopic (exact) mass is 1550 g/mol. The first kappa shape index (κ1) is 103. The van der Waals surface area contributed by atoms with Crippen LogP contribution in [0.3, 0.4) is 0 Å². The molecule has 0 saturated carbocycles. The maximum absolute atomic E-state index is 13.1. The fourth-order valence-corrected chi connectivity index (χ4v) is 12.4.